The Kier molecular flexibility index (Phi) is 8750. The summed E-state index contributed by atoms with van der Waals surface area (Å²) < 4.78 is 0. The maximum Gasteiger partial charge on any atom is -0.0776 e. The molecule has 0 heterocycles. The molecule has 0 aliphatic rings. The quantitative estimate of drug-likeness (QED) is 0.442. The van der Waals surface area contributed by atoms with Gasteiger partial charge in [-0.1, -0.05) is 13.0 Å². The van der Waals surface area contributed by atoms with Gasteiger partial charge in [-0.2, -0.15) is 4.91 Å². The molecule has 4 heavy (non-hydrogen) atoms. The van der Waals surface area contributed by atoms with Crippen molar-refractivity contribution in [3.8, 4) is 0 Å². The molecule has 0 aliphatic carbocycles. The standard InChI is InChI=1S/CH4.ClH.HNO/c;;1-2/h1H4;1H;1H. The highest BCUT2D eigenvalue weighted by Gasteiger charge is 0.588. The summed E-state index contributed by atoms with van der Waals surface area (Å²) in [7, 11) is 0. The molecular weight excluding hydrogens is 77.5 g/mol. The van der Waals surface area contributed by atoms with Crippen LogP contribution in [0.4, 0.5) is 0 Å². The zero-order chi connectivity index (χ0) is 2.00. The third-order valence-electron chi connectivity index (χ3n) is 0. The second-order valence-electron chi connectivity index (χ2n) is 0. The summed E-state index contributed by atoms with van der Waals surface area (Å²) in [5, 5.41) is 0. The smallest absolute Gasteiger partial charge is 0.0776 e. The fourth-order valence-electron chi connectivity index (χ4n) is 0. The van der Waals surface area contributed by atoms with Gasteiger partial charge in [0, 0.05) is 0 Å². The van der Waals surface area contributed by atoms with E-state index in [-0.39, 0.29) is 19.8 Å². The predicted molar refractivity (Wildman–Crippen MR) is 20.1 cm³/mol. The van der Waals surface area contributed by atoms with Gasteiger partial charge in [-0.25, -0.2) is 0 Å². The minimum Gasteiger partial charge on any atom is -0.154 e. The molecule has 0 unspecified atom stereocenters. The van der Waals surface area contributed by atoms with E-state index in [1.807, 2.05) is 0 Å². The number of halogens is 1. The molecule has 2 nitrogen and oxygen atoms in total. The fraction of sp³-hybridized carbons (Fsp3) is 1.00. The minimum absolute atomic E-state index is 0. The van der Waals surface area contributed by atoms with Crippen molar-refractivity contribution in [2.45, 2.75) is 7.43 Å². The minimum atomic E-state index is 0. The van der Waals surface area contributed by atoms with Crippen LogP contribution in [0.3, 0.4) is 0 Å². The average Bonchev–Trinajstić information content (AvgIpc) is 1.00. The lowest BCUT2D eigenvalue weighted by Crippen LogP contribution is -0.649. The van der Waals surface area contributed by atoms with Crippen molar-refractivity contribution < 1.29 is 0 Å². The highest BCUT2D eigenvalue weighted by Crippen LogP contribution is 0.766. The Bertz CT molecular complexity index is 8.00. The largest absolute Gasteiger partial charge is 0.154 e. The van der Waals surface area contributed by atoms with Crippen molar-refractivity contribution in [2.75, 3.05) is 0 Å². The van der Waals surface area contributed by atoms with Crippen LogP contribution in [0.25, 0.3) is 0 Å². The summed E-state index contributed by atoms with van der Waals surface area (Å²) in [5.74, 6) is 0. The third kappa shape index (κ3) is 124. The summed E-state index contributed by atoms with van der Waals surface area (Å²) in [6.45, 7) is 0. The van der Waals surface area contributed by atoms with Gasteiger partial charge in [-0.15, -0.1) is 12.4 Å². The molecule has 0 saturated heterocycles. The highest BCUT2D eigenvalue weighted by molar-refractivity contribution is 5.85. The molecule has 0 aliphatic heterocycles. The van der Waals surface area contributed by atoms with E-state index in [0.717, 1.165) is 0 Å². The summed E-state index contributed by atoms with van der Waals surface area (Å²) in [4.78, 5) is 7.50. The summed E-state index contributed by atoms with van der Waals surface area (Å²) >= 11 is 0. The molecule has 0 aromatic heterocycles. The van der Waals surface area contributed by atoms with Crippen molar-refractivity contribution in [3.05, 3.63) is 4.91 Å². The zero-order valence-corrected chi connectivity index (χ0v) is 2.13. The van der Waals surface area contributed by atoms with Gasteiger partial charge in [0.05, 0.1) is 0 Å². The Labute approximate surface area is 31.4 Å². The van der Waals surface area contributed by atoms with Gasteiger partial charge < -0.3 is 0 Å². The normalized spacial score (nSPS) is 1.00. The van der Waals surface area contributed by atoms with E-state index < -0.39 is 0 Å². The van der Waals surface area contributed by atoms with Crippen LogP contribution in [0.1, 0.15) is 7.43 Å². The van der Waals surface area contributed by atoms with E-state index in [9.17, 15) is 0 Å². The summed E-state index contributed by atoms with van der Waals surface area (Å²) in [6.07, 6.45) is 0. The van der Waals surface area contributed by atoms with Crippen LogP contribution in [0.15, 0.2) is 0 Å². The van der Waals surface area contributed by atoms with Crippen LogP contribution in [-0.2, 0) is 0 Å². The van der Waals surface area contributed by atoms with Gasteiger partial charge in [0.1, 0.15) is 0 Å². The van der Waals surface area contributed by atoms with Crippen molar-refractivity contribution >= 4 is 12.4 Å². The van der Waals surface area contributed by atoms with E-state index in [4.69, 9.17) is 4.91 Å². The molecule has 0 bridgehead atoms. The molecule has 0 aromatic carbocycles. The van der Waals surface area contributed by atoms with Crippen molar-refractivity contribution in [3.63, 3.8) is 0 Å². The van der Waals surface area contributed by atoms with Crippen LogP contribution >= 0.6 is 12.4 Å². The first-order valence-corrected chi connectivity index (χ1v) is 0.204. The van der Waals surface area contributed by atoms with Gasteiger partial charge in [0.15, 0.2) is 0 Å². The Morgan fingerprint density at radius 2 is 1.25 bits per heavy atom. The molecule has 0 spiro atoms. The average molecular weight is 83.5 g/mol. The first-order valence-electron chi connectivity index (χ1n) is 0.204. The van der Waals surface area contributed by atoms with Crippen molar-refractivity contribution in [2.24, 2.45) is 0 Å². The molecule has 0 saturated carbocycles. The summed E-state index contributed by atoms with van der Waals surface area (Å²) in [6, 6.07) is 0. The molecule has 0 rings (SSSR count). The van der Waals surface area contributed by atoms with Crippen LogP contribution < -0.4 is 0 Å². The molecular formula is CH6ClNO. The fourth-order valence-corrected chi connectivity index (χ4v) is 0. The Hall–Kier alpha value is -0.110. The maximum absolute atomic E-state index is 7.50. The monoisotopic (exact) mass is 83.0 g/mol. The molecule has 0 fully saturated rings. The molecule has 0 aromatic rings. The maximum atomic E-state index is 7.50. The van der Waals surface area contributed by atoms with Gasteiger partial charge in [-0.05, 0) is 0 Å². The van der Waals surface area contributed by atoms with Gasteiger partial charge in [0.2, 0.25) is 0 Å². The van der Waals surface area contributed by atoms with Crippen molar-refractivity contribution in [1.29, 1.82) is 5.59 Å². The lowest BCUT2D eigenvalue weighted by Gasteiger charge is -0.827. The Morgan fingerprint density at radius 3 is 1.25 bits per heavy atom. The van der Waals surface area contributed by atoms with Crippen LogP contribution in [0.2, 0.25) is 0 Å². The molecule has 0 amide bonds. The second-order valence-corrected chi connectivity index (χ2v) is 0. The van der Waals surface area contributed by atoms with E-state index in [1.165, 1.54) is 0 Å². The van der Waals surface area contributed by atoms with E-state index in [1.54, 1.807) is 0 Å². The molecule has 0 radical (unpaired) electrons. The SMILES string of the molecule is C.Cl.N=O. The molecule has 0 atom stereocenters. The number of nitroso groups, excluding NO2 is 1. The van der Waals surface area contributed by atoms with Gasteiger partial charge in [-0.3, -0.25) is 0 Å². The Morgan fingerprint density at radius 1 is 1.25 bits per heavy atom. The number of nitrogens with one attached hydrogen (secondary N) is 1. The molecule has 28 valence electrons. The Balaban J connectivity index is -0.00000000500. The highest BCUT2D eigenvalue weighted by atomic mass is 35.5. The van der Waals surface area contributed by atoms with E-state index in [0.29, 0.717) is 0 Å². The first-order chi connectivity index (χ1) is 1.00. The predicted octanol–water partition coefficient (Wildman–Crippen LogP) is 1.39. The van der Waals surface area contributed by atoms with E-state index >= 15 is 0 Å². The topological polar surface area (TPSA) is 40.9 Å². The lowest BCUT2D eigenvalue weighted by molar-refractivity contribution is 1.49. The summed E-state index contributed by atoms with van der Waals surface area (Å²) in [5.41, 5.74) is 4.50. The third-order valence-corrected chi connectivity index (χ3v) is 0. The first kappa shape index (κ1) is 41.0. The van der Waals surface area contributed by atoms with Crippen LogP contribution in [0, 0.1) is 10.5 Å². The van der Waals surface area contributed by atoms with Crippen LogP contribution in [0.5, 0.6) is 0 Å². The number of hydrogen-bond donors (Lipinski definition) is 1. The second kappa shape index (κ2) is 853. The number of rotatable bonds is 0. The van der Waals surface area contributed by atoms with Crippen molar-refractivity contribution in [1.82, 2.24) is 0 Å². The lowest BCUT2D eigenvalue weighted by atomic mass is 12.0. The molecule has 1 N–H and O–H groups in total. The molecule has 3 heteroatoms. The van der Waals surface area contributed by atoms with E-state index in [2.05, 4.69) is 5.59 Å². The van der Waals surface area contributed by atoms with Gasteiger partial charge >= 0.3 is 0 Å². The zero-order valence-electron chi connectivity index (χ0n) is 1.32. The van der Waals surface area contributed by atoms with Crippen LogP contribution in [-0.4, -0.2) is 0 Å². The van der Waals surface area contributed by atoms with Gasteiger partial charge in [0.25, 0.3) is 0 Å². The number of hydrogen-bond acceptors (Lipinski definition) is 2.